The number of aromatic nitrogens is 2. The SMILES string of the molecule is CCC(N)Cc1c(CSc2ccc(Cl)cc2)nn(C)c1Cl. The summed E-state index contributed by atoms with van der Waals surface area (Å²) < 4.78 is 1.72. The number of rotatable bonds is 6. The first-order valence-corrected chi connectivity index (χ1v) is 8.59. The molecule has 2 aromatic rings. The van der Waals surface area contributed by atoms with Crippen LogP contribution in [0.4, 0.5) is 0 Å². The van der Waals surface area contributed by atoms with Gasteiger partial charge in [0.2, 0.25) is 0 Å². The Balaban J connectivity index is 2.12. The minimum atomic E-state index is 0.117. The molecule has 0 saturated carbocycles. The maximum Gasteiger partial charge on any atom is 0.130 e. The van der Waals surface area contributed by atoms with Crippen LogP contribution in [-0.2, 0) is 19.2 Å². The van der Waals surface area contributed by atoms with Crippen LogP contribution in [0.5, 0.6) is 0 Å². The second-order valence-electron chi connectivity index (χ2n) is 4.95. The molecule has 1 atom stereocenters. The van der Waals surface area contributed by atoms with Gasteiger partial charge in [0, 0.05) is 34.3 Å². The number of nitrogens with zero attached hydrogens (tertiary/aromatic N) is 2. The standard InChI is InChI=1S/C15H19Cl2N3S/c1-3-11(18)8-13-14(19-20(2)15(13)17)9-21-12-6-4-10(16)5-7-12/h4-7,11H,3,8-9,18H2,1-2H3. The molecule has 0 aliphatic heterocycles. The largest absolute Gasteiger partial charge is 0.327 e. The van der Waals surface area contributed by atoms with Crippen LogP contribution < -0.4 is 5.73 Å². The average Bonchev–Trinajstić information content (AvgIpc) is 2.74. The molecule has 3 nitrogen and oxygen atoms in total. The first kappa shape index (κ1) is 16.7. The van der Waals surface area contributed by atoms with Crippen LogP contribution in [0.2, 0.25) is 10.2 Å². The molecule has 21 heavy (non-hydrogen) atoms. The monoisotopic (exact) mass is 343 g/mol. The Bertz CT molecular complexity index is 596. The minimum Gasteiger partial charge on any atom is -0.327 e. The zero-order valence-electron chi connectivity index (χ0n) is 12.1. The summed E-state index contributed by atoms with van der Waals surface area (Å²) in [6.45, 7) is 2.08. The van der Waals surface area contributed by atoms with E-state index in [-0.39, 0.29) is 6.04 Å². The molecule has 0 radical (unpaired) electrons. The number of hydrogen-bond acceptors (Lipinski definition) is 3. The molecular weight excluding hydrogens is 325 g/mol. The lowest BCUT2D eigenvalue weighted by molar-refractivity contribution is 0.644. The second kappa shape index (κ2) is 7.54. The summed E-state index contributed by atoms with van der Waals surface area (Å²) in [5.74, 6) is 0.772. The van der Waals surface area contributed by atoms with Crippen molar-refractivity contribution in [2.45, 2.75) is 36.5 Å². The Morgan fingerprint density at radius 1 is 1.29 bits per heavy atom. The van der Waals surface area contributed by atoms with Crippen LogP contribution in [0.15, 0.2) is 29.2 Å². The smallest absolute Gasteiger partial charge is 0.130 e. The number of hydrogen-bond donors (Lipinski definition) is 1. The van der Waals surface area contributed by atoms with Crippen molar-refractivity contribution in [1.82, 2.24) is 9.78 Å². The fraction of sp³-hybridized carbons (Fsp3) is 0.400. The highest BCUT2D eigenvalue weighted by atomic mass is 35.5. The molecule has 0 saturated heterocycles. The molecule has 114 valence electrons. The minimum absolute atomic E-state index is 0.117. The van der Waals surface area contributed by atoms with Crippen molar-refractivity contribution in [3.8, 4) is 0 Å². The van der Waals surface area contributed by atoms with E-state index in [0.29, 0.717) is 5.15 Å². The Kier molecular flexibility index (Phi) is 5.99. The third-order valence-electron chi connectivity index (χ3n) is 3.33. The van der Waals surface area contributed by atoms with Gasteiger partial charge in [-0.2, -0.15) is 5.10 Å². The summed E-state index contributed by atoms with van der Waals surface area (Å²) in [5, 5.41) is 5.94. The Morgan fingerprint density at radius 3 is 2.57 bits per heavy atom. The van der Waals surface area contributed by atoms with E-state index in [2.05, 4.69) is 12.0 Å². The molecule has 6 heteroatoms. The lowest BCUT2D eigenvalue weighted by atomic mass is 10.1. The van der Waals surface area contributed by atoms with E-state index in [1.165, 1.54) is 0 Å². The van der Waals surface area contributed by atoms with Crippen molar-refractivity contribution >= 4 is 35.0 Å². The molecule has 1 aromatic heterocycles. The van der Waals surface area contributed by atoms with Gasteiger partial charge in [-0.15, -0.1) is 11.8 Å². The van der Waals surface area contributed by atoms with E-state index in [4.69, 9.17) is 28.9 Å². The van der Waals surface area contributed by atoms with Crippen molar-refractivity contribution in [2.75, 3.05) is 0 Å². The number of benzene rings is 1. The molecule has 2 rings (SSSR count). The van der Waals surface area contributed by atoms with Gasteiger partial charge in [-0.3, -0.25) is 4.68 Å². The predicted octanol–water partition coefficient (Wildman–Crippen LogP) is 4.30. The van der Waals surface area contributed by atoms with Gasteiger partial charge in [-0.05, 0) is 37.1 Å². The van der Waals surface area contributed by atoms with Crippen molar-refractivity contribution in [3.63, 3.8) is 0 Å². The van der Waals surface area contributed by atoms with Crippen LogP contribution in [0.1, 0.15) is 24.6 Å². The molecule has 2 N–H and O–H groups in total. The molecule has 1 unspecified atom stereocenters. The van der Waals surface area contributed by atoms with E-state index in [9.17, 15) is 0 Å². The van der Waals surface area contributed by atoms with Gasteiger partial charge in [0.1, 0.15) is 5.15 Å². The van der Waals surface area contributed by atoms with Crippen molar-refractivity contribution in [3.05, 3.63) is 45.7 Å². The molecule has 0 aliphatic rings. The first-order valence-electron chi connectivity index (χ1n) is 6.85. The molecule has 0 bridgehead atoms. The maximum atomic E-state index is 6.34. The van der Waals surface area contributed by atoms with E-state index >= 15 is 0 Å². The van der Waals surface area contributed by atoms with Gasteiger partial charge in [0.25, 0.3) is 0 Å². The Labute approximate surface area is 139 Å². The lowest BCUT2D eigenvalue weighted by Crippen LogP contribution is -2.21. The number of nitrogens with two attached hydrogens (primary N) is 1. The van der Waals surface area contributed by atoms with Crippen molar-refractivity contribution in [1.29, 1.82) is 0 Å². The molecule has 1 aromatic carbocycles. The Morgan fingerprint density at radius 2 is 1.95 bits per heavy atom. The highest BCUT2D eigenvalue weighted by molar-refractivity contribution is 7.98. The highest BCUT2D eigenvalue weighted by Crippen LogP contribution is 2.28. The van der Waals surface area contributed by atoms with Gasteiger partial charge in [-0.25, -0.2) is 0 Å². The number of thioether (sulfide) groups is 1. The van der Waals surface area contributed by atoms with Crippen LogP contribution in [-0.4, -0.2) is 15.8 Å². The van der Waals surface area contributed by atoms with Crippen LogP contribution in [0, 0.1) is 0 Å². The van der Waals surface area contributed by atoms with Crippen molar-refractivity contribution in [2.24, 2.45) is 12.8 Å². The summed E-state index contributed by atoms with van der Waals surface area (Å²) in [7, 11) is 1.86. The Hall–Kier alpha value is -0.680. The second-order valence-corrected chi connectivity index (χ2v) is 6.80. The third-order valence-corrected chi connectivity index (χ3v) is 5.08. The molecule has 1 heterocycles. The predicted molar refractivity (Wildman–Crippen MR) is 91.2 cm³/mol. The fourth-order valence-electron chi connectivity index (χ4n) is 2.01. The summed E-state index contributed by atoms with van der Waals surface area (Å²) in [6.07, 6.45) is 1.69. The zero-order valence-corrected chi connectivity index (χ0v) is 14.5. The van der Waals surface area contributed by atoms with E-state index in [0.717, 1.165) is 39.8 Å². The van der Waals surface area contributed by atoms with Crippen LogP contribution in [0.25, 0.3) is 0 Å². The zero-order chi connectivity index (χ0) is 15.4. The molecule has 0 fully saturated rings. The summed E-state index contributed by atoms with van der Waals surface area (Å²) >= 11 is 14.0. The van der Waals surface area contributed by atoms with Gasteiger partial charge < -0.3 is 5.73 Å². The van der Waals surface area contributed by atoms with Gasteiger partial charge in [0.05, 0.1) is 5.69 Å². The van der Waals surface area contributed by atoms with Gasteiger partial charge in [-0.1, -0.05) is 30.1 Å². The topological polar surface area (TPSA) is 43.8 Å². The van der Waals surface area contributed by atoms with E-state index < -0.39 is 0 Å². The summed E-state index contributed by atoms with van der Waals surface area (Å²) in [5.41, 5.74) is 8.13. The normalized spacial score (nSPS) is 12.6. The van der Waals surface area contributed by atoms with E-state index in [1.807, 2.05) is 31.3 Å². The maximum absolute atomic E-state index is 6.34. The highest BCUT2D eigenvalue weighted by Gasteiger charge is 2.16. The number of halogens is 2. The molecule has 0 amide bonds. The average molecular weight is 344 g/mol. The third kappa shape index (κ3) is 4.39. The summed E-state index contributed by atoms with van der Waals surface area (Å²) in [6, 6.07) is 7.92. The molecular formula is C15H19Cl2N3S. The molecule has 0 spiro atoms. The lowest BCUT2D eigenvalue weighted by Gasteiger charge is -2.09. The first-order chi connectivity index (χ1) is 10.0. The summed E-state index contributed by atoms with van der Waals surface area (Å²) in [4.78, 5) is 1.16. The van der Waals surface area contributed by atoms with Gasteiger partial charge in [0.15, 0.2) is 0 Å². The van der Waals surface area contributed by atoms with Gasteiger partial charge >= 0.3 is 0 Å². The molecule has 0 aliphatic carbocycles. The fourth-order valence-corrected chi connectivity index (χ4v) is 3.22. The quantitative estimate of drug-likeness (QED) is 0.795. The van der Waals surface area contributed by atoms with Crippen LogP contribution in [0.3, 0.4) is 0 Å². The van der Waals surface area contributed by atoms with Crippen molar-refractivity contribution < 1.29 is 0 Å². The van der Waals surface area contributed by atoms with E-state index in [1.54, 1.807) is 16.4 Å². The number of aryl methyl sites for hydroxylation is 1. The van der Waals surface area contributed by atoms with Crippen LogP contribution >= 0.6 is 35.0 Å².